The SMILES string of the molecule is CC(CCN)S(=O)(=O)Cc1ccc(F)cc1F. The minimum atomic E-state index is -3.45. The smallest absolute Gasteiger partial charge is 0.157 e. The topological polar surface area (TPSA) is 60.2 Å². The van der Waals surface area contributed by atoms with Gasteiger partial charge >= 0.3 is 0 Å². The van der Waals surface area contributed by atoms with Gasteiger partial charge in [0.15, 0.2) is 9.84 Å². The third kappa shape index (κ3) is 3.74. The van der Waals surface area contributed by atoms with Crippen molar-refractivity contribution in [3.63, 3.8) is 0 Å². The summed E-state index contributed by atoms with van der Waals surface area (Å²) in [7, 11) is -3.45. The molecule has 3 nitrogen and oxygen atoms in total. The zero-order valence-electron chi connectivity index (χ0n) is 9.49. The predicted octanol–water partition coefficient (Wildman–Crippen LogP) is 1.62. The van der Waals surface area contributed by atoms with Gasteiger partial charge in [-0.15, -0.1) is 0 Å². The van der Waals surface area contributed by atoms with E-state index in [4.69, 9.17) is 5.73 Å². The molecule has 1 unspecified atom stereocenters. The van der Waals surface area contributed by atoms with E-state index in [0.717, 1.165) is 12.1 Å². The molecule has 96 valence electrons. The summed E-state index contributed by atoms with van der Waals surface area (Å²) < 4.78 is 49.6. The summed E-state index contributed by atoms with van der Waals surface area (Å²) in [6.45, 7) is 1.79. The van der Waals surface area contributed by atoms with Gasteiger partial charge in [-0.2, -0.15) is 0 Å². The average Bonchev–Trinajstić information content (AvgIpc) is 2.22. The lowest BCUT2D eigenvalue weighted by Crippen LogP contribution is -2.23. The van der Waals surface area contributed by atoms with Crippen molar-refractivity contribution < 1.29 is 17.2 Å². The Morgan fingerprint density at radius 3 is 2.53 bits per heavy atom. The maximum atomic E-state index is 13.3. The normalized spacial score (nSPS) is 13.6. The molecule has 0 spiro atoms. The highest BCUT2D eigenvalue weighted by molar-refractivity contribution is 7.91. The third-order valence-electron chi connectivity index (χ3n) is 2.56. The second kappa shape index (κ2) is 5.55. The number of hydrogen-bond acceptors (Lipinski definition) is 3. The number of halogens is 2. The van der Waals surface area contributed by atoms with Gasteiger partial charge in [-0.25, -0.2) is 17.2 Å². The highest BCUT2D eigenvalue weighted by Gasteiger charge is 2.22. The fourth-order valence-electron chi connectivity index (χ4n) is 1.41. The van der Waals surface area contributed by atoms with Gasteiger partial charge in [-0.3, -0.25) is 0 Å². The molecule has 0 heterocycles. The summed E-state index contributed by atoms with van der Waals surface area (Å²) in [5.41, 5.74) is 5.26. The number of rotatable bonds is 5. The van der Waals surface area contributed by atoms with Gasteiger partial charge < -0.3 is 5.73 Å². The first-order valence-corrected chi connectivity index (χ1v) is 6.94. The second-order valence-corrected chi connectivity index (χ2v) is 6.35. The van der Waals surface area contributed by atoms with Crippen LogP contribution in [0.15, 0.2) is 18.2 Å². The molecule has 0 aromatic heterocycles. The lowest BCUT2D eigenvalue weighted by molar-refractivity contribution is 0.563. The molecule has 1 aromatic rings. The van der Waals surface area contributed by atoms with Gasteiger partial charge in [0, 0.05) is 11.6 Å². The Morgan fingerprint density at radius 2 is 2.00 bits per heavy atom. The fraction of sp³-hybridized carbons (Fsp3) is 0.455. The van der Waals surface area contributed by atoms with Gasteiger partial charge in [0.25, 0.3) is 0 Å². The Hall–Kier alpha value is -1.01. The van der Waals surface area contributed by atoms with Crippen molar-refractivity contribution in [3.05, 3.63) is 35.4 Å². The number of benzene rings is 1. The highest BCUT2D eigenvalue weighted by Crippen LogP contribution is 2.17. The summed E-state index contributed by atoms with van der Waals surface area (Å²) >= 11 is 0. The van der Waals surface area contributed by atoms with Crippen LogP contribution in [0.25, 0.3) is 0 Å². The van der Waals surface area contributed by atoms with Crippen molar-refractivity contribution in [1.82, 2.24) is 0 Å². The number of hydrogen-bond donors (Lipinski definition) is 1. The minimum absolute atomic E-state index is 0.0183. The standard InChI is InChI=1S/C11H15F2NO2S/c1-8(4-5-14)17(15,16)7-9-2-3-10(12)6-11(9)13/h2-3,6,8H,4-5,7,14H2,1H3. The maximum absolute atomic E-state index is 13.3. The summed E-state index contributed by atoms with van der Waals surface area (Å²) in [5, 5.41) is -0.628. The lowest BCUT2D eigenvalue weighted by Gasteiger charge is -2.12. The average molecular weight is 263 g/mol. The van der Waals surface area contributed by atoms with Gasteiger partial charge in [-0.1, -0.05) is 6.07 Å². The molecule has 0 fully saturated rings. The molecule has 0 aliphatic rings. The van der Waals surface area contributed by atoms with Crippen molar-refractivity contribution in [3.8, 4) is 0 Å². The Morgan fingerprint density at radius 1 is 1.35 bits per heavy atom. The van der Waals surface area contributed by atoms with E-state index in [-0.39, 0.29) is 12.1 Å². The number of nitrogens with two attached hydrogens (primary N) is 1. The monoisotopic (exact) mass is 263 g/mol. The molecule has 17 heavy (non-hydrogen) atoms. The molecule has 0 aliphatic carbocycles. The zero-order valence-corrected chi connectivity index (χ0v) is 10.3. The predicted molar refractivity (Wildman–Crippen MR) is 62.1 cm³/mol. The molecule has 6 heteroatoms. The van der Waals surface area contributed by atoms with Gasteiger partial charge in [-0.05, 0) is 26.0 Å². The van der Waals surface area contributed by atoms with Crippen molar-refractivity contribution in [2.45, 2.75) is 24.3 Å². The Kier molecular flexibility index (Phi) is 4.59. The van der Waals surface area contributed by atoms with Crippen LogP contribution in [0.5, 0.6) is 0 Å². The van der Waals surface area contributed by atoms with E-state index in [1.54, 1.807) is 0 Å². The maximum Gasteiger partial charge on any atom is 0.157 e. The second-order valence-electron chi connectivity index (χ2n) is 3.93. The first kappa shape index (κ1) is 14.1. The molecule has 0 saturated carbocycles. The Balaban J connectivity index is 2.90. The molecule has 1 rings (SSSR count). The van der Waals surface area contributed by atoms with Crippen molar-refractivity contribution in [2.24, 2.45) is 5.73 Å². The first-order valence-electron chi connectivity index (χ1n) is 5.22. The van der Waals surface area contributed by atoms with E-state index in [2.05, 4.69) is 0 Å². The fourth-order valence-corrected chi connectivity index (χ4v) is 2.86. The van der Waals surface area contributed by atoms with Crippen molar-refractivity contribution >= 4 is 9.84 Å². The molecule has 2 N–H and O–H groups in total. The van der Waals surface area contributed by atoms with Crippen LogP contribution in [0.1, 0.15) is 18.9 Å². The first-order chi connectivity index (χ1) is 7.86. The molecule has 0 radical (unpaired) electrons. The van der Waals surface area contributed by atoms with Crippen LogP contribution in [-0.2, 0) is 15.6 Å². The van der Waals surface area contributed by atoms with Crippen molar-refractivity contribution in [1.29, 1.82) is 0 Å². The molecular formula is C11H15F2NO2S. The quantitative estimate of drug-likeness (QED) is 0.878. The molecule has 1 atom stereocenters. The van der Waals surface area contributed by atoms with E-state index < -0.39 is 32.5 Å². The summed E-state index contributed by atoms with van der Waals surface area (Å²) in [6, 6.07) is 2.87. The largest absolute Gasteiger partial charge is 0.330 e. The van der Waals surface area contributed by atoms with E-state index >= 15 is 0 Å². The van der Waals surface area contributed by atoms with Crippen LogP contribution in [0, 0.1) is 11.6 Å². The molecule has 0 amide bonds. The minimum Gasteiger partial charge on any atom is -0.330 e. The van der Waals surface area contributed by atoms with E-state index in [1.807, 2.05) is 0 Å². The molecular weight excluding hydrogens is 248 g/mol. The molecule has 0 aliphatic heterocycles. The van der Waals surface area contributed by atoms with E-state index in [9.17, 15) is 17.2 Å². The van der Waals surface area contributed by atoms with Gasteiger partial charge in [0.05, 0.1) is 11.0 Å². The molecule has 0 bridgehead atoms. The van der Waals surface area contributed by atoms with E-state index in [0.29, 0.717) is 12.5 Å². The van der Waals surface area contributed by atoms with Crippen LogP contribution in [-0.4, -0.2) is 20.2 Å². The highest BCUT2D eigenvalue weighted by atomic mass is 32.2. The number of sulfone groups is 1. The van der Waals surface area contributed by atoms with Gasteiger partial charge in [0.2, 0.25) is 0 Å². The zero-order chi connectivity index (χ0) is 13.1. The van der Waals surface area contributed by atoms with Crippen LogP contribution in [0.2, 0.25) is 0 Å². The van der Waals surface area contributed by atoms with Gasteiger partial charge in [0.1, 0.15) is 11.6 Å². The van der Waals surface area contributed by atoms with Crippen LogP contribution >= 0.6 is 0 Å². The molecule has 1 aromatic carbocycles. The summed E-state index contributed by atoms with van der Waals surface area (Å²) in [5.74, 6) is -1.99. The lowest BCUT2D eigenvalue weighted by atomic mass is 10.2. The van der Waals surface area contributed by atoms with Crippen LogP contribution < -0.4 is 5.73 Å². The Bertz CT molecular complexity index is 488. The van der Waals surface area contributed by atoms with E-state index in [1.165, 1.54) is 6.92 Å². The Labute approximate surface area is 99.6 Å². The van der Waals surface area contributed by atoms with Crippen molar-refractivity contribution in [2.75, 3.05) is 6.54 Å². The van der Waals surface area contributed by atoms with Crippen LogP contribution in [0.3, 0.4) is 0 Å². The molecule has 0 saturated heterocycles. The summed E-state index contributed by atoms with van der Waals surface area (Å²) in [6.07, 6.45) is 0.325. The summed E-state index contributed by atoms with van der Waals surface area (Å²) in [4.78, 5) is 0. The third-order valence-corrected chi connectivity index (χ3v) is 4.73. The van der Waals surface area contributed by atoms with Crippen LogP contribution in [0.4, 0.5) is 8.78 Å².